The molecule has 11 heteroatoms. The average Bonchev–Trinajstić information content (AvgIpc) is 2.63. The topological polar surface area (TPSA) is 90.3 Å². The molecule has 0 saturated heterocycles. The number of anilines is 1. The van der Waals surface area contributed by atoms with Gasteiger partial charge in [0.25, 0.3) is 5.56 Å². The highest BCUT2D eigenvalue weighted by molar-refractivity contribution is 7.98. The number of esters is 1. The second-order valence-electron chi connectivity index (χ2n) is 5.36. The summed E-state index contributed by atoms with van der Waals surface area (Å²) in [5, 5.41) is 2.27. The molecule has 28 heavy (non-hydrogen) atoms. The highest BCUT2D eigenvalue weighted by Gasteiger charge is 2.33. The largest absolute Gasteiger partial charge is 0.462 e. The van der Waals surface area contributed by atoms with Crippen LogP contribution in [-0.4, -0.2) is 34.3 Å². The van der Waals surface area contributed by atoms with Crippen LogP contribution in [0.2, 0.25) is 0 Å². The number of carbonyl (C=O) groups excluding carboxylic acids is 2. The number of hydrogen-bond donors (Lipinski definition) is 1. The molecule has 1 aromatic carbocycles. The number of alkyl halides is 3. The number of carbonyl (C=O) groups is 2. The van der Waals surface area contributed by atoms with Crippen molar-refractivity contribution < 1.29 is 27.5 Å². The van der Waals surface area contributed by atoms with Crippen LogP contribution in [0.5, 0.6) is 0 Å². The number of rotatable bonds is 6. The third kappa shape index (κ3) is 4.91. The van der Waals surface area contributed by atoms with E-state index in [2.05, 4.69) is 10.3 Å². The van der Waals surface area contributed by atoms with E-state index in [0.29, 0.717) is 0 Å². The van der Waals surface area contributed by atoms with Gasteiger partial charge in [-0.15, -0.1) is 0 Å². The molecule has 150 valence electrons. The quantitative estimate of drug-likeness (QED) is 0.443. The van der Waals surface area contributed by atoms with E-state index in [4.69, 9.17) is 4.74 Å². The summed E-state index contributed by atoms with van der Waals surface area (Å²) in [7, 11) is 0. The Morgan fingerprint density at radius 3 is 2.57 bits per heavy atom. The monoisotopic (exact) mass is 415 g/mol. The molecule has 7 nitrogen and oxygen atoms in total. The number of thioether (sulfide) groups is 1. The first-order valence-electron chi connectivity index (χ1n) is 7.96. The molecule has 1 amide bonds. The SMILES string of the molecule is CCOC(=O)c1cnc(SC)n(CC(=O)Nc2ccccc2C(F)(F)F)c1=O. The smallest absolute Gasteiger partial charge is 0.418 e. The number of amides is 1. The lowest BCUT2D eigenvalue weighted by Gasteiger charge is -2.15. The van der Waals surface area contributed by atoms with Gasteiger partial charge in [0.05, 0.1) is 24.1 Å². The van der Waals surface area contributed by atoms with Crippen molar-refractivity contribution in [3.05, 3.63) is 51.9 Å². The third-order valence-electron chi connectivity index (χ3n) is 3.50. The summed E-state index contributed by atoms with van der Waals surface area (Å²) >= 11 is 1.04. The highest BCUT2D eigenvalue weighted by atomic mass is 32.2. The van der Waals surface area contributed by atoms with Crippen molar-refractivity contribution in [3.63, 3.8) is 0 Å². The molecular weight excluding hydrogens is 399 g/mol. The summed E-state index contributed by atoms with van der Waals surface area (Å²) in [6.45, 7) is 0.977. The van der Waals surface area contributed by atoms with Gasteiger partial charge in [0, 0.05) is 0 Å². The molecule has 0 aliphatic carbocycles. The van der Waals surface area contributed by atoms with Gasteiger partial charge in [-0.05, 0) is 25.3 Å². The van der Waals surface area contributed by atoms with Crippen molar-refractivity contribution in [1.29, 1.82) is 0 Å². The summed E-state index contributed by atoms with van der Waals surface area (Å²) < 4.78 is 44.8. The van der Waals surface area contributed by atoms with Gasteiger partial charge in [0.1, 0.15) is 12.1 Å². The van der Waals surface area contributed by atoms with Crippen LogP contribution >= 0.6 is 11.8 Å². The van der Waals surface area contributed by atoms with Gasteiger partial charge in [-0.1, -0.05) is 23.9 Å². The lowest BCUT2D eigenvalue weighted by atomic mass is 10.1. The number of halogens is 3. The van der Waals surface area contributed by atoms with Gasteiger partial charge in [-0.25, -0.2) is 9.78 Å². The standard InChI is InChI=1S/C17H16F3N3O4S/c1-3-27-15(26)10-8-21-16(28-2)23(14(10)25)9-13(24)22-12-7-5-4-6-11(12)17(18,19)20/h4-8H,3,9H2,1-2H3,(H,22,24). The molecule has 0 unspecified atom stereocenters. The molecule has 0 aliphatic rings. The van der Waals surface area contributed by atoms with Crippen LogP contribution in [0.4, 0.5) is 18.9 Å². The van der Waals surface area contributed by atoms with E-state index >= 15 is 0 Å². The zero-order valence-corrected chi connectivity index (χ0v) is 15.7. The Bertz CT molecular complexity index is 944. The number of nitrogens with zero attached hydrogens (tertiary/aromatic N) is 2. The number of para-hydroxylation sites is 1. The van der Waals surface area contributed by atoms with E-state index < -0.39 is 41.4 Å². The van der Waals surface area contributed by atoms with E-state index in [9.17, 15) is 27.6 Å². The lowest BCUT2D eigenvalue weighted by Crippen LogP contribution is -2.33. The Morgan fingerprint density at radius 2 is 1.96 bits per heavy atom. The van der Waals surface area contributed by atoms with E-state index in [1.54, 1.807) is 13.2 Å². The van der Waals surface area contributed by atoms with Crippen molar-refractivity contribution in [2.75, 3.05) is 18.2 Å². The maximum atomic E-state index is 13.1. The number of benzene rings is 1. The van der Waals surface area contributed by atoms with Crippen LogP contribution in [-0.2, 0) is 22.3 Å². The zero-order valence-electron chi connectivity index (χ0n) is 14.9. The predicted octanol–water partition coefficient (Wildman–Crippen LogP) is 2.80. The van der Waals surface area contributed by atoms with E-state index in [1.807, 2.05) is 0 Å². The normalized spacial score (nSPS) is 11.2. The summed E-state index contributed by atoms with van der Waals surface area (Å²) in [4.78, 5) is 40.6. The van der Waals surface area contributed by atoms with Gasteiger partial charge in [-0.2, -0.15) is 13.2 Å². The van der Waals surface area contributed by atoms with Gasteiger partial charge in [-0.3, -0.25) is 14.2 Å². The average molecular weight is 415 g/mol. The van der Waals surface area contributed by atoms with Crippen molar-refractivity contribution in [2.24, 2.45) is 0 Å². The Labute approximate surface area is 161 Å². The molecule has 0 atom stereocenters. The lowest BCUT2D eigenvalue weighted by molar-refractivity contribution is -0.137. The van der Waals surface area contributed by atoms with Crippen molar-refractivity contribution in [1.82, 2.24) is 9.55 Å². The number of aromatic nitrogens is 2. The minimum absolute atomic E-state index is 0.0390. The van der Waals surface area contributed by atoms with Gasteiger partial charge in [0.2, 0.25) is 5.91 Å². The molecule has 0 spiro atoms. The first-order chi connectivity index (χ1) is 13.2. The van der Waals surface area contributed by atoms with Gasteiger partial charge in [0.15, 0.2) is 5.16 Å². The Hall–Kier alpha value is -2.82. The van der Waals surface area contributed by atoms with Crippen molar-refractivity contribution in [3.8, 4) is 0 Å². The fraction of sp³-hybridized carbons (Fsp3) is 0.294. The van der Waals surface area contributed by atoms with E-state index in [1.165, 1.54) is 12.1 Å². The van der Waals surface area contributed by atoms with Crippen LogP contribution in [0.1, 0.15) is 22.8 Å². The van der Waals surface area contributed by atoms with E-state index in [-0.39, 0.29) is 17.3 Å². The fourth-order valence-corrected chi connectivity index (χ4v) is 2.83. The zero-order chi connectivity index (χ0) is 20.9. The van der Waals surface area contributed by atoms with Crippen molar-refractivity contribution in [2.45, 2.75) is 24.8 Å². The van der Waals surface area contributed by atoms with Crippen LogP contribution in [0.25, 0.3) is 0 Å². The molecule has 0 saturated carbocycles. The maximum absolute atomic E-state index is 13.1. The number of nitrogens with one attached hydrogen (secondary N) is 1. The molecule has 1 aromatic heterocycles. The van der Waals surface area contributed by atoms with Crippen molar-refractivity contribution >= 4 is 29.3 Å². The second-order valence-corrected chi connectivity index (χ2v) is 6.14. The minimum atomic E-state index is -4.66. The van der Waals surface area contributed by atoms with Crippen LogP contribution < -0.4 is 10.9 Å². The fourth-order valence-electron chi connectivity index (χ4n) is 2.30. The molecule has 0 bridgehead atoms. The summed E-state index contributed by atoms with van der Waals surface area (Å²) in [5.41, 5.74) is -2.65. The van der Waals surface area contributed by atoms with Crippen LogP contribution in [0.15, 0.2) is 40.4 Å². The molecule has 0 fully saturated rings. The molecule has 2 aromatic rings. The molecule has 0 aliphatic heterocycles. The Morgan fingerprint density at radius 1 is 1.29 bits per heavy atom. The highest BCUT2D eigenvalue weighted by Crippen LogP contribution is 2.34. The summed E-state index contributed by atoms with van der Waals surface area (Å²) in [6.07, 6.45) is -2.02. The van der Waals surface area contributed by atoms with Crippen LogP contribution in [0, 0.1) is 0 Å². The number of hydrogen-bond acceptors (Lipinski definition) is 6. The first-order valence-corrected chi connectivity index (χ1v) is 9.18. The third-order valence-corrected chi connectivity index (χ3v) is 4.19. The first kappa shape index (κ1) is 21.5. The Balaban J connectivity index is 2.33. The summed E-state index contributed by atoms with van der Waals surface area (Å²) in [6, 6.07) is 4.47. The van der Waals surface area contributed by atoms with Gasteiger partial charge < -0.3 is 10.1 Å². The molecule has 1 N–H and O–H groups in total. The molecular formula is C17H16F3N3O4S. The Kier molecular flexibility index (Phi) is 6.84. The molecule has 1 heterocycles. The molecule has 0 radical (unpaired) electrons. The minimum Gasteiger partial charge on any atom is -0.462 e. The summed E-state index contributed by atoms with van der Waals surface area (Å²) in [5.74, 6) is -1.78. The second kappa shape index (κ2) is 8.91. The van der Waals surface area contributed by atoms with E-state index in [0.717, 1.165) is 34.7 Å². The number of ether oxygens (including phenoxy) is 1. The molecule has 2 rings (SSSR count). The van der Waals surface area contributed by atoms with Gasteiger partial charge >= 0.3 is 12.1 Å². The van der Waals surface area contributed by atoms with Crippen LogP contribution in [0.3, 0.4) is 0 Å². The maximum Gasteiger partial charge on any atom is 0.418 e. The predicted molar refractivity (Wildman–Crippen MR) is 96.3 cm³/mol.